The predicted molar refractivity (Wildman–Crippen MR) is 98.2 cm³/mol. The highest BCUT2D eigenvalue weighted by Gasteiger charge is 2.20. The van der Waals surface area contributed by atoms with Crippen molar-refractivity contribution in [1.82, 2.24) is 4.90 Å². The number of halogens is 1. The first-order valence-corrected chi connectivity index (χ1v) is 8.82. The fourth-order valence-corrected chi connectivity index (χ4v) is 3.64. The number of non-ortho nitro benzene ring substituents is 1. The highest BCUT2D eigenvalue weighted by atomic mass is 35.5. The van der Waals surface area contributed by atoms with E-state index in [-0.39, 0.29) is 25.0 Å². The third-order valence-corrected chi connectivity index (χ3v) is 4.95. The van der Waals surface area contributed by atoms with Gasteiger partial charge in [-0.05, 0) is 18.2 Å². The number of rotatable bonds is 5. The van der Waals surface area contributed by atoms with Crippen LogP contribution >= 0.6 is 22.9 Å². The number of hydrogen-bond donors (Lipinski definition) is 0. The van der Waals surface area contributed by atoms with Crippen LogP contribution < -0.4 is 4.74 Å². The number of nitrogens with zero attached hydrogens (tertiary/aromatic N) is 2. The Morgan fingerprint density at radius 3 is 2.96 bits per heavy atom. The van der Waals surface area contributed by atoms with Crippen molar-refractivity contribution < 1.29 is 19.2 Å². The smallest absolute Gasteiger partial charge is 0.270 e. The molecule has 136 valence electrons. The average Bonchev–Trinajstić information content (AvgIpc) is 3.03. The first-order chi connectivity index (χ1) is 12.4. The minimum absolute atomic E-state index is 0.0681. The molecule has 7 nitrogen and oxygen atoms in total. The minimum atomic E-state index is -0.485. The van der Waals surface area contributed by atoms with Gasteiger partial charge in [-0.15, -0.1) is 11.3 Å². The molecule has 0 radical (unpaired) electrons. The SMILES string of the molecule is CN(Cc1ccc(Cl)s1)C(=O)/C=C/c1cc([N+](=O)[O-])cc2c1OCOC2. The van der Waals surface area contributed by atoms with Crippen LogP contribution in [0.25, 0.3) is 6.08 Å². The van der Waals surface area contributed by atoms with Gasteiger partial charge in [-0.2, -0.15) is 0 Å². The van der Waals surface area contributed by atoms with E-state index in [1.54, 1.807) is 13.1 Å². The second kappa shape index (κ2) is 7.86. The van der Waals surface area contributed by atoms with Gasteiger partial charge in [-0.3, -0.25) is 14.9 Å². The Balaban J connectivity index is 1.79. The van der Waals surface area contributed by atoms with E-state index in [1.807, 2.05) is 6.07 Å². The van der Waals surface area contributed by atoms with Crippen molar-refractivity contribution in [2.75, 3.05) is 13.8 Å². The second-order valence-electron chi connectivity index (χ2n) is 5.62. The van der Waals surface area contributed by atoms with Crippen molar-refractivity contribution in [3.05, 3.63) is 60.8 Å². The molecule has 0 atom stereocenters. The van der Waals surface area contributed by atoms with Crippen LogP contribution in [0.2, 0.25) is 4.34 Å². The molecule has 1 aliphatic rings. The molecule has 0 saturated carbocycles. The molecule has 1 amide bonds. The number of benzene rings is 1. The maximum Gasteiger partial charge on any atom is 0.270 e. The number of hydrogen-bond acceptors (Lipinski definition) is 6. The van der Waals surface area contributed by atoms with E-state index in [4.69, 9.17) is 21.1 Å². The molecule has 0 N–H and O–H groups in total. The molecule has 1 aromatic carbocycles. The van der Waals surface area contributed by atoms with Crippen molar-refractivity contribution >= 4 is 40.6 Å². The van der Waals surface area contributed by atoms with Gasteiger partial charge in [0.1, 0.15) is 5.75 Å². The lowest BCUT2D eigenvalue weighted by atomic mass is 10.1. The van der Waals surface area contributed by atoms with Gasteiger partial charge in [0.2, 0.25) is 5.91 Å². The summed E-state index contributed by atoms with van der Waals surface area (Å²) in [6.07, 6.45) is 2.89. The van der Waals surface area contributed by atoms with Crippen LogP contribution in [0, 0.1) is 10.1 Å². The summed E-state index contributed by atoms with van der Waals surface area (Å²) in [5.74, 6) is 0.264. The van der Waals surface area contributed by atoms with E-state index in [2.05, 4.69) is 0 Å². The molecule has 2 aromatic rings. The molecule has 9 heteroatoms. The van der Waals surface area contributed by atoms with E-state index in [0.29, 0.717) is 27.8 Å². The summed E-state index contributed by atoms with van der Waals surface area (Å²) in [5, 5.41) is 11.1. The lowest BCUT2D eigenvalue weighted by Crippen LogP contribution is -2.23. The molecule has 0 spiro atoms. The summed E-state index contributed by atoms with van der Waals surface area (Å²) in [6.45, 7) is 0.724. The fraction of sp³-hybridized carbons (Fsp3) is 0.235. The third-order valence-electron chi connectivity index (χ3n) is 3.74. The number of carbonyl (C=O) groups excluding carboxylic acids is 1. The van der Waals surface area contributed by atoms with Gasteiger partial charge in [0.25, 0.3) is 5.69 Å². The Labute approximate surface area is 158 Å². The molecule has 0 fully saturated rings. The summed E-state index contributed by atoms with van der Waals surface area (Å²) >= 11 is 7.30. The van der Waals surface area contributed by atoms with Crippen LogP contribution in [0.4, 0.5) is 5.69 Å². The zero-order chi connectivity index (χ0) is 18.7. The van der Waals surface area contributed by atoms with Crippen molar-refractivity contribution in [1.29, 1.82) is 0 Å². The minimum Gasteiger partial charge on any atom is -0.467 e. The van der Waals surface area contributed by atoms with Gasteiger partial charge in [0, 0.05) is 41.3 Å². The Hall–Kier alpha value is -2.42. The normalized spacial score (nSPS) is 13.3. The molecule has 0 bridgehead atoms. The topological polar surface area (TPSA) is 81.9 Å². The number of fused-ring (bicyclic) bond motifs is 1. The number of carbonyl (C=O) groups is 1. The van der Waals surface area contributed by atoms with Crippen molar-refractivity contribution in [3.63, 3.8) is 0 Å². The zero-order valence-corrected chi connectivity index (χ0v) is 15.4. The van der Waals surface area contributed by atoms with Crippen LogP contribution in [0.15, 0.2) is 30.3 Å². The Morgan fingerprint density at radius 1 is 1.46 bits per heavy atom. The van der Waals surface area contributed by atoms with E-state index in [0.717, 1.165) is 4.88 Å². The van der Waals surface area contributed by atoms with Gasteiger partial charge < -0.3 is 14.4 Å². The fourth-order valence-electron chi connectivity index (χ4n) is 2.50. The van der Waals surface area contributed by atoms with Gasteiger partial charge >= 0.3 is 0 Å². The summed E-state index contributed by atoms with van der Waals surface area (Å²) in [6, 6.07) is 6.45. The Bertz CT molecular complexity index is 880. The van der Waals surface area contributed by atoms with E-state index < -0.39 is 4.92 Å². The number of amides is 1. The Kier molecular flexibility index (Phi) is 5.55. The standard InChI is InChI=1S/C17H15ClN2O5S/c1-19(8-14-3-4-15(18)26-14)16(21)5-2-11-6-13(20(22)23)7-12-9-24-10-25-17(11)12/h2-7H,8-10H2,1H3/b5-2+. The summed E-state index contributed by atoms with van der Waals surface area (Å²) in [7, 11) is 1.67. The third kappa shape index (κ3) is 4.21. The first-order valence-electron chi connectivity index (χ1n) is 7.63. The van der Waals surface area contributed by atoms with Crippen molar-refractivity contribution in [2.24, 2.45) is 0 Å². The molecular formula is C17H15ClN2O5S. The molecule has 0 aliphatic carbocycles. The molecule has 0 unspecified atom stereocenters. The highest BCUT2D eigenvalue weighted by molar-refractivity contribution is 7.16. The van der Waals surface area contributed by atoms with Crippen LogP contribution in [-0.4, -0.2) is 29.6 Å². The molecule has 1 aromatic heterocycles. The predicted octanol–water partition coefficient (Wildman–Crippen LogP) is 3.85. The number of thiophene rings is 1. The van der Waals surface area contributed by atoms with E-state index in [1.165, 1.54) is 40.5 Å². The molecule has 26 heavy (non-hydrogen) atoms. The number of nitro groups is 1. The summed E-state index contributed by atoms with van der Waals surface area (Å²) < 4.78 is 11.3. The highest BCUT2D eigenvalue weighted by Crippen LogP contribution is 2.33. The molecular weight excluding hydrogens is 380 g/mol. The second-order valence-corrected chi connectivity index (χ2v) is 7.42. The van der Waals surface area contributed by atoms with Crippen LogP contribution in [0.3, 0.4) is 0 Å². The maximum atomic E-state index is 12.3. The van der Waals surface area contributed by atoms with Crippen molar-refractivity contribution in [2.45, 2.75) is 13.2 Å². The van der Waals surface area contributed by atoms with Gasteiger partial charge in [0.05, 0.1) is 22.4 Å². The van der Waals surface area contributed by atoms with E-state index in [9.17, 15) is 14.9 Å². The monoisotopic (exact) mass is 394 g/mol. The lowest BCUT2D eigenvalue weighted by Gasteiger charge is -2.19. The van der Waals surface area contributed by atoms with Crippen LogP contribution in [-0.2, 0) is 22.7 Å². The van der Waals surface area contributed by atoms with Gasteiger partial charge in [-0.1, -0.05) is 11.6 Å². The largest absolute Gasteiger partial charge is 0.467 e. The van der Waals surface area contributed by atoms with Crippen molar-refractivity contribution in [3.8, 4) is 5.75 Å². The summed E-state index contributed by atoms with van der Waals surface area (Å²) in [5.41, 5.74) is 0.976. The zero-order valence-electron chi connectivity index (χ0n) is 13.8. The number of nitro benzene ring substituents is 1. The lowest BCUT2D eigenvalue weighted by molar-refractivity contribution is -0.385. The van der Waals surface area contributed by atoms with Gasteiger partial charge in [-0.25, -0.2) is 0 Å². The number of ether oxygens (including phenoxy) is 2. The molecule has 3 rings (SSSR count). The quantitative estimate of drug-likeness (QED) is 0.437. The van der Waals surface area contributed by atoms with Gasteiger partial charge in [0.15, 0.2) is 6.79 Å². The van der Waals surface area contributed by atoms with Crippen LogP contribution in [0.1, 0.15) is 16.0 Å². The molecule has 0 saturated heterocycles. The van der Waals surface area contributed by atoms with Crippen LogP contribution in [0.5, 0.6) is 5.75 Å². The Morgan fingerprint density at radius 2 is 2.27 bits per heavy atom. The first kappa shape index (κ1) is 18.4. The summed E-state index contributed by atoms with van der Waals surface area (Å²) in [4.78, 5) is 25.4. The molecule has 1 aliphatic heterocycles. The molecule has 2 heterocycles. The number of likely N-dealkylation sites (N-methyl/N-ethyl adjacent to an activating group) is 1. The average molecular weight is 395 g/mol. The van der Waals surface area contributed by atoms with E-state index >= 15 is 0 Å². The maximum absolute atomic E-state index is 12.3.